The van der Waals surface area contributed by atoms with E-state index in [1.54, 1.807) is 4.57 Å². The summed E-state index contributed by atoms with van der Waals surface area (Å²) in [6.07, 6.45) is 4.35. The first kappa shape index (κ1) is 17.1. The Morgan fingerprint density at radius 2 is 2.23 bits per heavy atom. The van der Waals surface area contributed by atoms with Gasteiger partial charge in [0.25, 0.3) is 0 Å². The smallest absolute Gasteiger partial charge is 0.343 e. The third-order valence-corrected chi connectivity index (χ3v) is 5.53. The van der Waals surface area contributed by atoms with Gasteiger partial charge in [0.15, 0.2) is 5.16 Å². The van der Waals surface area contributed by atoms with E-state index in [1.807, 2.05) is 6.92 Å². The zero-order valence-corrected chi connectivity index (χ0v) is 14.4. The van der Waals surface area contributed by atoms with E-state index in [4.69, 9.17) is 0 Å². The minimum atomic E-state index is -0.209. The van der Waals surface area contributed by atoms with Crippen LogP contribution in [0.15, 0.2) is 9.95 Å². The first-order valence-corrected chi connectivity index (χ1v) is 9.08. The van der Waals surface area contributed by atoms with Crippen LogP contribution in [0.4, 0.5) is 0 Å². The number of nitrogens with one attached hydrogen (secondary N) is 2. The minimum Gasteiger partial charge on any atom is -0.352 e. The molecule has 0 spiro atoms. The molecule has 2 N–H and O–H groups in total. The van der Waals surface area contributed by atoms with Crippen molar-refractivity contribution < 1.29 is 4.79 Å². The predicted molar refractivity (Wildman–Crippen MR) is 88.0 cm³/mol. The summed E-state index contributed by atoms with van der Waals surface area (Å²) in [6, 6.07) is 0.272. The van der Waals surface area contributed by atoms with Crippen LogP contribution in [-0.2, 0) is 11.3 Å². The highest BCUT2D eigenvalue weighted by Gasteiger charge is 2.28. The van der Waals surface area contributed by atoms with E-state index in [0.29, 0.717) is 29.3 Å². The summed E-state index contributed by atoms with van der Waals surface area (Å²) >= 11 is 1.32. The fraction of sp³-hybridized carbons (Fsp3) is 0.800. The Hall–Kier alpha value is -1.24. The van der Waals surface area contributed by atoms with Gasteiger partial charge in [-0.2, -0.15) is 0 Å². The minimum absolute atomic E-state index is 0.0226. The largest absolute Gasteiger partial charge is 0.352 e. The molecular weight excluding hydrogens is 300 g/mol. The van der Waals surface area contributed by atoms with Crippen LogP contribution in [0.1, 0.15) is 46.5 Å². The Morgan fingerprint density at radius 3 is 2.95 bits per heavy atom. The lowest BCUT2D eigenvalue weighted by atomic mass is 9.78. The van der Waals surface area contributed by atoms with E-state index in [2.05, 4.69) is 29.4 Å². The van der Waals surface area contributed by atoms with Gasteiger partial charge in [-0.25, -0.2) is 9.89 Å². The molecule has 0 bridgehead atoms. The summed E-state index contributed by atoms with van der Waals surface area (Å²) in [6.45, 7) is 7.10. The van der Waals surface area contributed by atoms with Crippen LogP contribution in [0, 0.1) is 11.8 Å². The van der Waals surface area contributed by atoms with Gasteiger partial charge in [-0.3, -0.25) is 9.36 Å². The first-order valence-electron chi connectivity index (χ1n) is 8.10. The summed E-state index contributed by atoms with van der Waals surface area (Å²) < 4.78 is 1.59. The third-order valence-electron chi connectivity index (χ3n) is 4.56. The van der Waals surface area contributed by atoms with Crippen LogP contribution in [0.5, 0.6) is 0 Å². The number of H-pyrrole nitrogens is 1. The second kappa shape index (κ2) is 7.85. The average Bonchev–Trinajstić information content (AvgIpc) is 2.83. The van der Waals surface area contributed by atoms with E-state index in [1.165, 1.54) is 24.6 Å². The second-order valence-corrected chi connectivity index (χ2v) is 7.14. The topological polar surface area (TPSA) is 79.8 Å². The molecule has 1 heterocycles. The van der Waals surface area contributed by atoms with Gasteiger partial charge >= 0.3 is 5.69 Å². The monoisotopic (exact) mass is 326 g/mol. The number of carbonyl (C=O) groups is 1. The maximum atomic E-state index is 12.2. The average molecular weight is 326 g/mol. The molecule has 0 saturated heterocycles. The molecule has 1 saturated carbocycles. The number of rotatable bonds is 6. The number of aromatic amines is 1. The second-order valence-electron chi connectivity index (χ2n) is 6.19. The summed E-state index contributed by atoms with van der Waals surface area (Å²) in [5.41, 5.74) is -0.209. The van der Waals surface area contributed by atoms with Crippen LogP contribution in [0.25, 0.3) is 0 Å². The molecule has 1 aliphatic rings. The van der Waals surface area contributed by atoms with Crippen molar-refractivity contribution in [3.63, 3.8) is 0 Å². The van der Waals surface area contributed by atoms with Crippen LogP contribution >= 0.6 is 11.8 Å². The van der Waals surface area contributed by atoms with E-state index in [9.17, 15) is 9.59 Å². The molecular formula is C15H26N4O2S. The number of carbonyl (C=O) groups excluding carboxylic acids is 1. The van der Waals surface area contributed by atoms with Gasteiger partial charge in [-0.1, -0.05) is 45.4 Å². The molecule has 1 aromatic rings. The van der Waals surface area contributed by atoms with Crippen molar-refractivity contribution in [3.05, 3.63) is 10.5 Å². The maximum Gasteiger partial charge on any atom is 0.343 e. The van der Waals surface area contributed by atoms with Crippen LogP contribution in [0.2, 0.25) is 0 Å². The van der Waals surface area contributed by atoms with Crippen molar-refractivity contribution in [1.29, 1.82) is 0 Å². The molecule has 0 aliphatic heterocycles. The highest BCUT2D eigenvalue weighted by atomic mass is 32.2. The standard InChI is InChI=1S/C15H26N4O2S/c1-4-8-19-14(21)17-18-15(19)22-9-13(20)16-12-7-5-6-10(2)11(12)3/h10-12H,4-9H2,1-3H3,(H,16,20)(H,17,21)/t10-,11-,12-/m0/s1. The van der Waals surface area contributed by atoms with Crippen molar-refractivity contribution in [1.82, 2.24) is 20.1 Å². The Morgan fingerprint density at radius 1 is 1.45 bits per heavy atom. The van der Waals surface area contributed by atoms with E-state index in [0.717, 1.165) is 12.8 Å². The summed E-state index contributed by atoms with van der Waals surface area (Å²) in [5, 5.41) is 10.2. The zero-order chi connectivity index (χ0) is 16.1. The molecule has 0 unspecified atom stereocenters. The van der Waals surface area contributed by atoms with Crippen LogP contribution in [-0.4, -0.2) is 32.5 Å². The van der Waals surface area contributed by atoms with E-state index >= 15 is 0 Å². The van der Waals surface area contributed by atoms with Crippen molar-refractivity contribution in [2.45, 2.75) is 64.2 Å². The predicted octanol–water partition coefficient (Wildman–Crippen LogP) is 2.01. The molecule has 0 radical (unpaired) electrons. The molecule has 1 aliphatic carbocycles. The molecule has 7 heteroatoms. The van der Waals surface area contributed by atoms with Crippen molar-refractivity contribution in [2.24, 2.45) is 11.8 Å². The van der Waals surface area contributed by atoms with Gasteiger partial charge in [-0.15, -0.1) is 5.10 Å². The fourth-order valence-electron chi connectivity index (χ4n) is 3.00. The number of hydrogen-bond acceptors (Lipinski definition) is 4. The van der Waals surface area contributed by atoms with Crippen LogP contribution < -0.4 is 11.0 Å². The Balaban J connectivity index is 1.86. The molecule has 22 heavy (non-hydrogen) atoms. The van der Waals surface area contributed by atoms with Crippen molar-refractivity contribution >= 4 is 17.7 Å². The summed E-state index contributed by atoms with van der Waals surface area (Å²) in [7, 11) is 0. The van der Waals surface area contributed by atoms with Gasteiger partial charge in [0.2, 0.25) is 5.91 Å². The lowest BCUT2D eigenvalue weighted by molar-refractivity contribution is -0.120. The number of hydrogen-bond donors (Lipinski definition) is 2. The zero-order valence-electron chi connectivity index (χ0n) is 13.6. The van der Waals surface area contributed by atoms with Gasteiger partial charge in [0, 0.05) is 12.6 Å². The fourth-order valence-corrected chi connectivity index (χ4v) is 3.78. The van der Waals surface area contributed by atoms with Gasteiger partial charge < -0.3 is 5.32 Å². The Labute approximate surface area is 135 Å². The van der Waals surface area contributed by atoms with Crippen LogP contribution in [0.3, 0.4) is 0 Å². The molecule has 1 aromatic heterocycles. The maximum absolute atomic E-state index is 12.2. The number of thioether (sulfide) groups is 1. The SMILES string of the molecule is CCCn1c(SCC(=O)N[C@H]2CCC[C@H](C)[C@@H]2C)n[nH]c1=O. The molecule has 1 amide bonds. The molecule has 2 rings (SSSR count). The van der Waals surface area contributed by atoms with Crippen molar-refractivity contribution in [2.75, 3.05) is 5.75 Å². The summed E-state index contributed by atoms with van der Waals surface area (Å²) in [5.74, 6) is 1.50. The Kier molecular flexibility index (Phi) is 6.11. The summed E-state index contributed by atoms with van der Waals surface area (Å²) in [4.78, 5) is 23.8. The van der Waals surface area contributed by atoms with Gasteiger partial charge in [0.1, 0.15) is 0 Å². The van der Waals surface area contributed by atoms with Gasteiger partial charge in [0.05, 0.1) is 5.75 Å². The molecule has 6 nitrogen and oxygen atoms in total. The highest BCUT2D eigenvalue weighted by Crippen LogP contribution is 2.29. The normalized spacial score (nSPS) is 25.1. The molecule has 124 valence electrons. The lowest BCUT2D eigenvalue weighted by Gasteiger charge is -2.34. The van der Waals surface area contributed by atoms with E-state index in [-0.39, 0.29) is 17.6 Å². The quantitative estimate of drug-likeness (QED) is 0.784. The molecule has 1 fully saturated rings. The number of nitrogens with zero attached hydrogens (tertiary/aromatic N) is 2. The molecule has 0 aromatic carbocycles. The number of aromatic nitrogens is 3. The van der Waals surface area contributed by atoms with Crippen molar-refractivity contribution in [3.8, 4) is 0 Å². The Bertz CT molecular complexity index is 554. The number of amides is 1. The van der Waals surface area contributed by atoms with E-state index < -0.39 is 0 Å². The van der Waals surface area contributed by atoms with Gasteiger partial charge in [-0.05, 0) is 24.7 Å². The lowest BCUT2D eigenvalue weighted by Crippen LogP contribution is -2.44. The third kappa shape index (κ3) is 4.15. The highest BCUT2D eigenvalue weighted by molar-refractivity contribution is 7.99. The first-order chi connectivity index (χ1) is 10.5. The molecule has 3 atom stereocenters.